The van der Waals surface area contributed by atoms with Gasteiger partial charge in [0.15, 0.2) is 0 Å². The third kappa shape index (κ3) is 3.05. The molecule has 1 heterocycles. The van der Waals surface area contributed by atoms with E-state index < -0.39 is 6.04 Å². The minimum absolute atomic E-state index is 0.107. The number of amides is 1. The van der Waals surface area contributed by atoms with Crippen molar-refractivity contribution in [3.63, 3.8) is 0 Å². The smallest absolute Gasteiger partial charge is 0.269 e. The zero-order valence-electron chi connectivity index (χ0n) is 13.1. The van der Waals surface area contributed by atoms with Gasteiger partial charge >= 0.3 is 0 Å². The number of nitrogens with one attached hydrogen (secondary N) is 1. The predicted molar refractivity (Wildman–Crippen MR) is 93.8 cm³/mol. The lowest BCUT2D eigenvalue weighted by atomic mass is 10.1. The molecule has 3 aromatic rings. The Kier molecular flexibility index (Phi) is 4.30. The van der Waals surface area contributed by atoms with E-state index >= 15 is 0 Å². The first-order valence-corrected chi connectivity index (χ1v) is 8.28. The van der Waals surface area contributed by atoms with Gasteiger partial charge in [0.25, 0.3) is 5.56 Å². The van der Waals surface area contributed by atoms with Crippen molar-refractivity contribution < 1.29 is 4.79 Å². The van der Waals surface area contributed by atoms with Crippen LogP contribution in [0, 0.1) is 6.92 Å². The summed E-state index contributed by atoms with van der Waals surface area (Å²) in [5, 5.41) is 3.58. The average Bonchev–Trinajstić information content (AvgIpc) is 2.90. The van der Waals surface area contributed by atoms with E-state index in [1.54, 1.807) is 13.0 Å². The molecule has 1 aromatic heterocycles. The lowest BCUT2D eigenvalue weighted by molar-refractivity contribution is -0.123. The molecule has 4 nitrogen and oxygen atoms in total. The van der Waals surface area contributed by atoms with E-state index in [1.807, 2.05) is 49.4 Å². The molecule has 0 saturated carbocycles. The zero-order chi connectivity index (χ0) is 16.4. The fraction of sp³-hybridized carbons (Fsp3) is 0.222. The fourth-order valence-corrected chi connectivity index (χ4v) is 3.53. The van der Waals surface area contributed by atoms with Crippen LogP contribution >= 0.6 is 11.5 Å². The highest BCUT2D eigenvalue weighted by atomic mass is 32.1. The molecule has 1 atom stereocenters. The van der Waals surface area contributed by atoms with Crippen LogP contribution in [0.5, 0.6) is 0 Å². The van der Waals surface area contributed by atoms with Crippen molar-refractivity contribution in [1.82, 2.24) is 9.27 Å². The molecule has 0 aliphatic heterocycles. The maximum atomic E-state index is 12.4. The van der Waals surface area contributed by atoms with E-state index in [-0.39, 0.29) is 11.5 Å². The van der Waals surface area contributed by atoms with Crippen molar-refractivity contribution >= 4 is 27.5 Å². The lowest BCUT2D eigenvalue weighted by Crippen LogP contribution is -2.33. The molecule has 0 spiro atoms. The standard InChI is InChI=1S/C18H18N2O2S/c1-12-7-3-4-8-14(12)11-19-17(21)13(2)20-18(22)15-9-5-6-10-16(15)23-20/h3-10,13H,11H2,1-2H3,(H,19,21)/t13-/m1/s1. The zero-order valence-corrected chi connectivity index (χ0v) is 13.9. The Hall–Kier alpha value is -2.40. The first-order chi connectivity index (χ1) is 11.1. The van der Waals surface area contributed by atoms with Crippen molar-refractivity contribution in [2.45, 2.75) is 26.4 Å². The van der Waals surface area contributed by atoms with Crippen molar-refractivity contribution in [3.05, 3.63) is 70.0 Å². The quantitative estimate of drug-likeness (QED) is 0.800. The molecule has 2 aromatic carbocycles. The summed E-state index contributed by atoms with van der Waals surface area (Å²) in [7, 11) is 0. The Balaban J connectivity index is 1.78. The Morgan fingerprint density at radius 3 is 2.61 bits per heavy atom. The van der Waals surface area contributed by atoms with E-state index in [1.165, 1.54) is 15.5 Å². The summed E-state index contributed by atoms with van der Waals surface area (Å²) in [4.78, 5) is 24.8. The number of aryl methyl sites for hydroxylation is 1. The summed E-state index contributed by atoms with van der Waals surface area (Å²) < 4.78 is 2.44. The van der Waals surface area contributed by atoms with Crippen molar-refractivity contribution in [2.24, 2.45) is 0 Å². The summed E-state index contributed by atoms with van der Waals surface area (Å²) in [5.74, 6) is -0.151. The minimum Gasteiger partial charge on any atom is -0.350 e. The van der Waals surface area contributed by atoms with E-state index in [2.05, 4.69) is 5.32 Å². The van der Waals surface area contributed by atoms with E-state index in [9.17, 15) is 9.59 Å². The predicted octanol–water partition coefficient (Wildman–Crippen LogP) is 3.25. The topological polar surface area (TPSA) is 51.1 Å². The first-order valence-electron chi connectivity index (χ1n) is 7.50. The molecule has 0 fully saturated rings. The van der Waals surface area contributed by atoms with Gasteiger partial charge in [0, 0.05) is 6.54 Å². The Morgan fingerprint density at radius 1 is 1.17 bits per heavy atom. The number of hydrogen-bond acceptors (Lipinski definition) is 3. The second-order valence-corrected chi connectivity index (χ2v) is 6.55. The van der Waals surface area contributed by atoms with Gasteiger partial charge in [-0.05, 0) is 37.1 Å². The van der Waals surface area contributed by atoms with E-state index in [0.717, 1.165) is 15.8 Å². The molecule has 5 heteroatoms. The van der Waals surface area contributed by atoms with Crippen molar-refractivity contribution in [1.29, 1.82) is 0 Å². The molecule has 0 bridgehead atoms. The molecule has 0 aliphatic carbocycles. The van der Waals surface area contributed by atoms with Gasteiger partial charge in [0.1, 0.15) is 6.04 Å². The molecule has 1 amide bonds. The summed E-state index contributed by atoms with van der Waals surface area (Å²) >= 11 is 1.33. The van der Waals surface area contributed by atoms with Crippen LogP contribution in [-0.4, -0.2) is 9.86 Å². The largest absolute Gasteiger partial charge is 0.350 e. The number of benzene rings is 2. The van der Waals surface area contributed by atoms with Crippen LogP contribution < -0.4 is 10.9 Å². The SMILES string of the molecule is Cc1ccccc1CNC(=O)[C@@H](C)n1sc2ccccc2c1=O. The molecule has 0 radical (unpaired) electrons. The average molecular weight is 326 g/mol. The van der Waals surface area contributed by atoms with Gasteiger partial charge in [-0.3, -0.25) is 13.5 Å². The maximum Gasteiger partial charge on any atom is 0.269 e. The van der Waals surface area contributed by atoms with Gasteiger partial charge in [-0.15, -0.1) is 0 Å². The molecular formula is C18H18N2O2S. The van der Waals surface area contributed by atoms with Crippen LogP contribution in [0.4, 0.5) is 0 Å². The number of nitrogens with zero attached hydrogens (tertiary/aromatic N) is 1. The monoisotopic (exact) mass is 326 g/mol. The molecule has 0 unspecified atom stereocenters. The highest BCUT2D eigenvalue weighted by Gasteiger charge is 2.19. The molecule has 118 valence electrons. The normalized spacial score (nSPS) is 12.3. The molecule has 0 aliphatic rings. The highest BCUT2D eigenvalue weighted by molar-refractivity contribution is 7.14. The molecule has 0 saturated heterocycles. The van der Waals surface area contributed by atoms with Gasteiger partial charge in [-0.2, -0.15) is 0 Å². The van der Waals surface area contributed by atoms with Crippen LogP contribution in [-0.2, 0) is 11.3 Å². The van der Waals surface area contributed by atoms with Crippen molar-refractivity contribution in [3.8, 4) is 0 Å². The number of carbonyl (C=O) groups excluding carboxylic acids is 1. The highest BCUT2D eigenvalue weighted by Crippen LogP contribution is 2.19. The number of fused-ring (bicyclic) bond motifs is 1. The summed E-state index contributed by atoms with van der Waals surface area (Å²) in [6, 6.07) is 14.8. The summed E-state index contributed by atoms with van der Waals surface area (Å²) in [6.45, 7) is 4.24. The van der Waals surface area contributed by atoms with Crippen LogP contribution in [0.25, 0.3) is 10.1 Å². The first kappa shape index (κ1) is 15.5. The summed E-state index contributed by atoms with van der Waals surface area (Å²) in [6.07, 6.45) is 0. The van der Waals surface area contributed by atoms with E-state index in [0.29, 0.717) is 11.9 Å². The molecular weight excluding hydrogens is 308 g/mol. The Morgan fingerprint density at radius 2 is 1.87 bits per heavy atom. The molecule has 23 heavy (non-hydrogen) atoms. The van der Waals surface area contributed by atoms with Gasteiger partial charge < -0.3 is 5.32 Å². The third-order valence-corrected chi connectivity index (χ3v) is 5.19. The van der Waals surface area contributed by atoms with Crippen LogP contribution in [0.15, 0.2) is 53.3 Å². The van der Waals surface area contributed by atoms with Crippen LogP contribution in [0.1, 0.15) is 24.1 Å². The Bertz CT molecular complexity index is 911. The maximum absolute atomic E-state index is 12.4. The number of carbonyl (C=O) groups is 1. The third-order valence-electron chi connectivity index (χ3n) is 3.96. The summed E-state index contributed by atoms with van der Waals surface area (Å²) in [5.41, 5.74) is 2.11. The minimum atomic E-state index is -0.524. The van der Waals surface area contributed by atoms with Crippen LogP contribution in [0.2, 0.25) is 0 Å². The Labute approximate surface area is 138 Å². The van der Waals surface area contributed by atoms with Crippen LogP contribution in [0.3, 0.4) is 0 Å². The molecule has 1 N–H and O–H groups in total. The molecule has 3 rings (SSSR count). The van der Waals surface area contributed by atoms with Crippen molar-refractivity contribution in [2.75, 3.05) is 0 Å². The second kappa shape index (κ2) is 6.38. The van der Waals surface area contributed by atoms with Gasteiger partial charge in [0.05, 0.1) is 10.1 Å². The second-order valence-electron chi connectivity index (χ2n) is 5.54. The van der Waals surface area contributed by atoms with Gasteiger partial charge in [0.2, 0.25) is 5.91 Å². The van der Waals surface area contributed by atoms with Gasteiger partial charge in [-0.25, -0.2) is 0 Å². The number of aromatic nitrogens is 1. The van der Waals surface area contributed by atoms with E-state index in [4.69, 9.17) is 0 Å². The lowest BCUT2D eigenvalue weighted by Gasteiger charge is -2.13. The number of hydrogen-bond donors (Lipinski definition) is 1. The number of rotatable bonds is 4. The van der Waals surface area contributed by atoms with Gasteiger partial charge in [-0.1, -0.05) is 47.9 Å². The fourth-order valence-electron chi connectivity index (χ4n) is 2.49.